The molecule has 0 aliphatic carbocycles. The molecule has 0 fully saturated rings. The van der Waals surface area contributed by atoms with Gasteiger partial charge in [0, 0.05) is 0 Å². The number of aliphatic hydroxyl groups excluding tert-OH is 2. The van der Waals surface area contributed by atoms with E-state index >= 15 is 0 Å². The number of alkyl carbamates (subject to hydrolysis) is 1. The van der Waals surface area contributed by atoms with Crippen LogP contribution in [0.3, 0.4) is 0 Å². The average Bonchev–Trinajstić information content (AvgIpc) is 2.19. The standard InChI is InChI=1S/C15H29NO6/c1-9(17)12(16-13(20)22-15(5,6)7)10(18)8-11(19)21-14(2,3)4/h9-10,12,17-18H,8H2,1-7H3,(H,16,20)/t9-,10+,12+/m1/s1. The topological polar surface area (TPSA) is 105 Å². The summed E-state index contributed by atoms with van der Waals surface area (Å²) in [6, 6.07) is -1.04. The second-order valence-corrected chi connectivity index (χ2v) is 7.27. The van der Waals surface area contributed by atoms with Crippen LogP contribution in [0.4, 0.5) is 4.79 Å². The van der Waals surface area contributed by atoms with Crippen molar-refractivity contribution in [1.29, 1.82) is 0 Å². The largest absolute Gasteiger partial charge is 0.460 e. The van der Waals surface area contributed by atoms with E-state index in [1.807, 2.05) is 0 Å². The fourth-order valence-electron chi connectivity index (χ4n) is 1.66. The molecule has 0 aliphatic rings. The molecule has 0 heterocycles. The van der Waals surface area contributed by atoms with Gasteiger partial charge in [0.1, 0.15) is 11.2 Å². The molecule has 0 radical (unpaired) electrons. The van der Waals surface area contributed by atoms with Crippen LogP contribution in [0.15, 0.2) is 0 Å². The van der Waals surface area contributed by atoms with E-state index < -0.39 is 41.5 Å². The second-order valence-electron chi connectivity index (χ2n) is 7.27. The third kappa shape index (κ3) is 9.57. The highest BCUT2D eigenvalue weighted by Gasteiger charge is 2.31. The van der Waals surface area contributed by atoms with Crippen molar-refractivity contribution in [3.8, 4) is 0 Å². The summed E-state index contributed by atoms with van der Waals surface area (Å²) in [5, 5.41) is 22.1. The van der Waals surface area contributed by atoms with Crippen molar-refractivity contribution in [3.63, 3.8) is 0 Å². The highest BCUT2D eigenvalue weighted by Crippen LogP contribution is 2.13. The van der Waals surface area contributed by atoms with Crippen molar-refractivity contribution in [3.05, 3.63) is 0 Å². The van der Waals surface area contributed by atoms with Gasteiger partial charge in [-0.05, 0) is 48.5 Å². The Morgan fingerprint density at radius 3 is 1.82 bits per heavy atom. The quantitative estimate of drug-likeness (QED) is 0.661. The van der Waals surface area contributed by atoms with Crippen molar-refractivity contribution < 1.29 is 29.3 Å². The van der Waals surface area contributed by atoms with Gasteiger partial charge in [0.2, 0.25) is 0 Å². The van der Waals surface area contributed by atoms with Crippen LogP contribution in [0, 0.1) is 0 Å². The summed E-state index contributed by atoms with van der Waals surface area (Å²) in [5.41, 5.74) is -1.38. The van der Waals surface area contributed by atoms with Crippen molar-refractivity contribution in [2.24, 2.45) is 0 Å². The number of hydrogen-bond acceptors (Lipinski definition) is 6. The van der Waals surface area contributed by atoms with Crippen LogP contribution in [0.5, 0.6) is 0 Å². The minimum atomic E-state index is -1.29. The monoisotopic (exact) mass is 319 g/mol. The Labute approximate surface area is 132 Å². The molecule has 0 aromatic carbocycles. The number of carbonyl (C=O) groups is 2. The Kier molecular flexibility index (Phi) is 7.31. The average molecular weight is 319 g/mol. The molecule has 0 bridgehead atoms. The normalized spacial score (nSPS) is 16.4. The molecule has 0 aromatic heterocycles. The van der Waals surface area contributed by atoms with Crippen LogP contribution >= 0.6 is 0 Å². The van der Waals surface area contributed by atoms with Crippen LogP contribution in [0.2, 0.25) is 0 Å². The summed E-state index contributed by atoms with van der Waals surface area (Å²) in [5.74, 6) is -0.614. The zero-order valence-electron chi connectivity index (χ0n) is 14.5. The van der Waals surface area contributed by atoms with Crippen LogP contribution < -0.4 is 5.32 Å². The zero-order valence-corrected chi connectivity index (χ0v) is 14.5. The van der Waals surface area contributed by atoms with Gasteiger partial charge in [-0.1, -0.05) is 0 Å². The van der Waals surface area contributed by atoms with Crippen LogP contribution in [-0.4, -0.2) is 51.7 Å². The van der Waals surface area contributed by atoms with Gasteiger partial charge in [-0.3, -0.25) is 4.79 Å². The maximum Gasteiger partial charge on any atom is 0.408 e. The molecule has 1 amide bonds. The van der Waals surface area contributed by atoms with Gasteiger partial charge in [-0.25, -0.2) is 4.79 Å². The van der Waals surface area contributed by atoms with Crippen molar-refractivity contribution in [2.45, 2.75) is 84.3 Å². The number of esters is 1. The van der Waals surface area contributed by atoms with Gasteiger partial charge in [0.05, 0.1) is 24.7 Å². The minimum Gasteiger partial charge on any atom is -0.460 e. The van der Waals surface area contributed by atoms with E-state index in [0.29, 0.717) is 0 Å². The first-order valence-electron chi connectivity index (χ1n) is 7.29. The molecule has 7 heteroatoms. The predicted molar refractivity (Wildman–Crippen MR) is 81.3 cm³/mol. The Hall–Kier alpha value is -1.34. The smallest absolute Gasteiger partial charge is 0.408 e. The molecule has 0 aromatic rings. The number of amides is 1. The number of hydrogen-bond donors (Lipinski definition) is 3. The highest BCUT2D eigenvalue weighted by atomic mass is 16.6. The highest BCUT2D eigenvalue weighted by molar-refractivity contribution is 5.71. The van der Waals surface area contributed by atoms with Crippen molar-refractivity contribution in [1.82, 2.24) is 5.32 Å². The summed E-state index contributed by atoms with van der Waals surface area (Å²) in [6.45, 7) is 11.6. The van der Waals surface area contributed by atoms with Gasteiger partial charge < -0.3 is 25.0 Å². The molecule has 0 saturated carbocycles. The zero-order chi connectivity index (χ0) is 17.7. The Bertz CT molecular complexity index is 380. The van der Waals surface area contributed by atoms with Gasteiger partial charge in [0.25, 0.3) is 0 Å². The molecule has 3 N–H and O–H groups in total. The van der Waals surface area contributed by atoms with E-state index in [4.69, 9.17) is 9.47 Å². The SMILES string of the molecule is C[C@@H](O)[C@H](NC(=O)OC(C)(C)C)[C@@H](O)CC(=O)OC(C)(C)C. The lowest BCUT2D eigenvalue weighted by Gasteiger charge is -2.28. The fraction of sp³-hybridized carbons (Fsp3) is 0.867. The van der Waals surface area contributed by atoms with E-state index in [9.17, 15) is 19.8 Å². The fourth-order valence-corrected chi connectivity index (χ4v) is 1.66. The van der Waals surface area contributed by atoms with E-state index in [-0.39, 0.29) is 6.42 Å². The number of ether oxygens (including phenoxy) is 2. The lowest BCUT2D eigenvalue weighted by molar-refractivity contribution is -0.157. The Morgan fingerprint density at radius 1 is 1.00 bits per heavy atom. The summed E-state index contributed by atoms with van der Waals surface area (Å²) in [7, 11) is 0. The van der Waals surface area contributed by atoms with Gasteiger partial charge in [-0.2, -0.15) is 0 Å². The molecular weight excluding hydrogens is 290 g/mol. The lowest BCUT2D eigenvalue weighted by atomic mass is 10.0. The summed E-state index contributed by atoms with van der Waals surface area (Å²) in [6.07, 6.45) is -3.48. The van der Waals surface area contributed by atoms with Crippen molar-refractivity contribution >= 4 is 12.1 Å². The molecule has 0 unspecified atom stereocenters. The molecule has 0 saturated heterocycles. The number of rotatable bonds is 5. The first-order valence-corrected chi connectivity index (χ1v) is 7.29. The number of aliphatic hydroxyl groups is 2. The first-order chi connectivity index (χ1) is 9.71. The third-order valence-electron chi connectivity index (χ3n) is 2.41. The predicted octanol–water partition coefficient (Wildman–Crippen LogP) is 1.35. The number of nitrogens with one attached hydrogen (secondary N) is 1. The first kappa shape index (κ1) is 20.7. The summed E-state index contributed by atoms with van der Waals surface area (Å²) >= 11 is 0. The summed E-state index contributed by atoms with van der Waals surface area (Å²) in [4.78, 5) is 23.4. The van der Waals surface area contributed by atoms with E-state index in [1.165, 1.54) is 6.92 Å². The maximum atomic E-state index is 11.7. The van der Waals surface area contributed by atoms with Gasteiger partial charge in [0.15, 0.2) is 0 Å². The minimum absolute atomic E-state index is 0.345. The molecule has 7 nitrogen and oxygen atoms in total. The van der Waals surface area contributed by atoms with E-state index in [0.717, 1.165) is 0 Å². The maximum absolute atomic E-state index is 11.7. The Morgan fingerprint density at radius 2 is 1.45 bits per heavy atom. The molecular formula is C15H29NO6. The molecule has 0 aliphatic heterocycles. The van der Waals surface area contributed by atoms with E-state index in [2.05, 4.69) is 5.32 Å². The molecule has 0 spiro atoms. The Balaban J connectivity index is 4.68. The van der Waals surface area contributed by atoms with Gasteiger partial charge in [-0.15, -0.1) is 0 Å². The van der Waals surface area contributed by atoms with Crippen LogP contribution in [0.25, 0.3) is 0 Å². The number of carbonyl (C=O) groups excluding carboxylic acids is 2. The molecule has 0 rings (SSSR count). The van der Waals surface area contributed by atoms with Gasteiger partial charge >= 0.3 is 12.1 Å². The second kappa shape index (κ2) is 7.78. The summed E-state index contributed by atoms with van der Waals surface area (Å²) < 4.78 is 10.2. The van der Waals surface area contributed by atoms with Crippen LogP contribution in [0.1, 0.15) is 54.9 Å². The molecule has 3 atom stereocenters. The molecule has 130 valence electrons. The van der Waals surface area contributed by atoms with E-state index in [1.54, 1.807) is 41.5 Å². The third-order valence-corrected chi connectivity index (χ3v) is 2.41. The van der Waals surface area contributed by atoms with Crippen molar-refractivity contribution in [2.75, 3.05) is 0 Å². The van der Waals surface area contributed by atoms with Crippen LogP contribution in [-0.2, 0) is 14.3 Å². The lowest BCUT2D eigenvalue weighted by Crippen LogP contribution is -2.51. The molecule has 22 heavy (non-hydrogen) atoms.